The van der Waals surface area contributed by atoms with Crippen molar-refractivity contribution in [3.63, 3.8) is 0 Å². The summed E-state index contributed by atoms with van der Waals surface area (Å²) in [5.74, 6) is 0. The zero-order valence-electron chi connectivity index (χ0n) is 10.1. The third-order valence-electron chi connectivity index (χ3n) is 2.99. The average Bonchev–Trinajstić information content (AvgIpc) is 2.73. The van der Waals surface area contributed by atoms with Crippen molar-refractivity contribution in [1.82, 2.24) is 10.3 Å². The van der Waals surface area contributed by atoms with Gasteiger partial charge in [-0.25, -0.2) is 4.98 Å². The Morgan fingerprint density at radius 3 is 3.00 bits per heavy atom. The number of nitrogens with zero attached hydrogens (tertiary/aromatic N) is 1. The fraction of sp³-hybridized carbons (Fsp3) is 0.750. The Kier molecular flexibility index (Phi) is 4.32. The number of thiazole rings is 1. The van der Waals surface area contributed by atoms with Gasteiger partial charge in [0.05, 0.1) is 18.3 Å². The van der Waals surface area contributed by atoms with Crippen LogP contribution in [0.2, 0.25) is 0 Å². The van der Waals surface area contributed by atoms with Gasteiger partial charge in [-0.2, -0.15) is 0 Å². The molecule has 2 rings (SSSR count). The molecule has 1 heterocycles. The summed E-state index contributed by atoms with van der Waals surface area (Å²) in [6.07, 6.45) is 5.05. The second-order valence-corrected chi connectivity index (χ2v) is 5.41. The van der Waals surface area contributed by atoms with Gasteiger partial charge in [-0.1, -0.05) is 0 Å². The van der Waals surface area contributed by atoms with E-state index in [1.165, 1.54) is 41.3 Å². The van der Waals surface area contributed by atoms with E-state index >= 15 is 0 Å². The Bertz CT molecular complexity index is 314. The minimum absolute atomic E-state index is 0.353. The molecule has 1 atom stereocenters. The standard InChI is InChI=1S/C12H20N2OS/c1-9(13-7-8-15-2)12-14-10-5-3-4-6-11(10)16-12/h9,13H,3-8H2,1-2H3. The normalized spacial score (nSPS) is 17.1. The lowest BCUT2D eigenvalue weighted by molar-refractivity contribution is 0.196. The minimum atomic E-state index is 0.353. The summed E-state index contributed by atoms with van der Waals surface area (Å²) in [6.45, 7) is 3.83. The van der Waals surface area contributed by atoms with E-state index in [1.807, 2.05) is 11.3 Å². The van der Waals surface area contributed by atoms with Crippen LogP contribution in [0.1, 0.15) is 41.4 Å². The molecule has 1 aromatic heterocycles. The summed E-state index contributed by atoms with van der Waals surface area (Å²) in [7, 11) is 1.73. The highest BCUT2D eigenvalue weighted by atomic mass is 32.1. The Balaban J connectivity index is 1.95. The number of hydrogen-bond acceptors (Lipinski definition) is 4. The Hall–Kier alpha value is -0.450. The van der Waals surface area contributed by atoms with Crippen LogP contribution in [0, 0.1) is 0 Å². The van der Waals surface area contributed by atoms with Crippen LogP contribution < -0.4 is 5.32 Å². The van der Waals surface area contributed by atoms with Gasteiger partial charge in [-0.3, -0.25) is 0 Å². The van der Waals surface area contributed by atoms with Gasteiger partial charge in [0.25, 0.3) is 0 Å². The van der Waals surface area contributed by atoms with Crippen LogP contribution in [0.25, 0.3) is 0 Å². The lowest BCUT2D eigenvalue weighted by atomic mass is 10.0. The second kappa shape index (κ2) is 5.75. The van der Waals surface area contributed by atoms with Gasteiger partial charge in [0.15, 0.2) is 0 Å². The maximum atomic E-state index is 5.03. The summed E-state index contributed by atoms with van der Waals surface area (Å²) < 4.78 is 5.03. The van der Waals surface area contributed by atoms with Crippen molar-refractivity contribution >= 4 is 11.3 Å². The summed E-state index contributed by atoms with van der Waals surface area (Å²) in [6, 6.07) is 0.353. The van der Waals surface area contributed by atoms with Gasteiger partial charge >= 0.3 is 0 Å². The van der Waals surface area contributed by atoms with Crippen LogP contribution in [0.5, 0.6) is 0 Å². The van der Waals surface area contributed by atoms with Crippen molar-refractivity contribution in [2.45, 2.75) is 38.6 Å². The molecule has 1 aliphatic rings. The molecular formula is C12H20N2OS. The number of rotatable bonds is 5. The van der Waals surface area contributed by atoms with Gasteiger partial charge in [0.1, 0.15) is 5.01 Å². The predicted molar refractivity (Wildman–Crippen MR) is 67.0 cm³/mol. The Morgan fingerprint density at radius 1 is 1.44 bits per heavy atom. The molecule has 16 heavy (non-hydrogen) atoms. The molecule has 0 amide bonds. The highest BCUT2D eigenvalue weighted by Crippen LogP contribution is 2.29. The van der Waals surface area contributed by atoms with Gasteiger partial charge in [-0.05, 0) is 32.6 Å². The molecule has 4 heteroatoms. The van der Waals surface area contributed by atoms with Gasteiger partial charge in [0.2, 0.25) is 0 Å². The van der Waals surface area contributed by atoms with E-state index in [1.54, 1.807) is 7.11 Å². The zero-order valence-corrected chi connectivity index (χ0v) is 10.9. The topological polar surface area (TPSA) is 34.1 Å². The fourth-order valence-corrected chi connectivity index (χ4v) is 3.20. The predicted octanol–water partition coefficient (Wildman–Crippen LogP) is 2.32. The van der Waals surface area contributed by atoms with E-state index < -0.39 is 0 Å². The van der Waals surface area contributed by atoms with Crippen LogP contribution >= 0.6 is 11.3 Å². The molecule has 0 saturated carbocycles. The first-order valence-corrected chi connectivity index (χ1v) is 6.83. The number of fused-ring (bicyclic) bond motifs is 1. The van der Waals surface area contributed by atoms with E-state index in [-0.39, 0.29) is 0 Å². The number of nitrogens with one attached hydrogen (secondary N) is 1. The van der Waals surface area contributed by atoms with Crippen LogP contribution in [0.4, 0.5) is 0 Å². The molecule has 0 aliphatic heterocycles. The highest BCUT2D eigenvalue weighted by Gasteiger charge is 2.17. The van der Waals surface area contributed by atoms with E-state index in [0.717, 1.165) is 13.2 Å². The molecule has 1 N–H and O–H groups in total. The van der Waals surface area contributed by atoms with Crippen molar-refractivity contribution in [2.75, 3.05) is 20.3 Å². The molecule has 1 aliphatic carbocycles. The SMILES string of the molecule is COCCNC(C)c1nc2c(s1)CCCC2. The van der Waals surface area contributed by atoms with Crippen molar-refractivity contribution < 1.29 is 4.74 Å². The maximum Gasteiger partial charge on any atom is 0.110 e. The minimum Gasteiger partial charge on any atom is -0.383 e. The third kappa shape index (κ3) is 2.81. The lowest BCUT2D eigenvalue weighted by Gasteiger charge is -2.09. The number of ether oxygens (including phenoxy) is 1. The molecule has 0 bridgehead atoms. The van der Waals surface area contributed by atoms with Gasteiger partial charge < -0.3 is 10.1 Å². The maximum absolute atomic E-state index is 5.03. The largest absolute Gasteiger partial charge is 0.383 e. The first kappa shape index (κ1) is 12.0. The van der Waals surface area contributed by atoms with Gasteiger partial charge in [-0.15, -0.1) is 11.3 Å². The number of methoxy groups -OCH3 is 1. The Labute approximate surface area is 101 Å². The molecule has 0 aromatic carbocycles. The lowest BCUT2D eigenvalue weighted by Crippen LogP contribution is -2.22. The summed E-state index contributed by atoms with van der Waals surface area (Å²) in [4.78, 5) is 6.26. The van der Waals surface area contributed by atoms with Crippen LogP contribution in [0.3, 0.4) is 0 Å². The molecule has 1 aromatic rings. The first-order chi connectivity index (χ1) is 7.81. The molecule has 3 nitrogen and oxygen atoms in total. The first-order valence-electron chi connectivity index (χ1n) is 6.02. The molecule has 1 unspecified atom stereocenters. The molecular weight excluding hydrogens is 220 g/mol. The van der Waals surface area contributed by atoms with E-state index in [4.69, 9.17) is 9.72 Å². The zero-order chi connectivity index (χ0) is 11.4. The molecule has 0 saturated heterocycles. The quantitative estimate of drug-likeness (QED) is 0.802. The van der Waals surface area contributed by atoms with Crippen molar-refractivity contribution in [3.05, 3.63) is 15.6 Å². The van der Waals surface area contributed by atoms with E-state index in [0.29, 0.717) is 6.04 Å². The van der Waals surface area contributed by atoms with Crippen LogP contribution in [-0.2, 0) is 17.6 Å². The molecule has 0 spiro atoms. The summed E-state index contributed by atoms with van der Waals surface area (Å²) >= 11 is 1.89. The average molecular weight is 240 g/mol. The van der Waals surface area contributed by atoms with Gasteiger partial charge in [0, 0.05) is 18.5 Å². The van der Waals surface area contributed by atoms with E-state index in [9.17, 15) is 0 Å². The number of hydrogen-bond donors (Lipinski definition) is 1. The van der Waals surface area contributed by atoms with Crippen LogP contribution in [0.15, 0.2) is 0 Å². The Morgan fingerprint density at radius 2 is 2.25 bits per heavy atom. The molecule has 0 fully saturated rings. The second-order valence-electron chi connectivity index (χ2n) is 4.30. The highest BCUT2D eigenvalue weighted by molar-refractivity contribution is 7.11. The van der Waals surface area contributed by atoms with E-state index in [2.05, 4.69) is 12.2 Å². The summed E-state index contributed by atoms with van der Waals surface area (Å²) in [5, 5.41) is 4.67. The molecule has 0 radical (unpaired) electrons. The fourth-order valence-electron chi connectivity index (χ4n) is 2.02. The van der Waals surface area contributed by atoms with Crippen molar-refractivity contribution in [2.24, 2.45) is 0 Å². The van der Waals surface area contributed by atoms with Crippen molar-refractivity contribution in [3.8, 4) is 0 Å². The third-order valence-corrected chi connectivity index (χ3v) is 4.33. The number of aryl methyl sites for hydroxylation is 2. The monoisotopic (exact) mass is 240 g/mol. The smallest absolute Gasteiger partial charge is 0.110 e. The number of aromatic nitrogens is 1. The molecule has 90 valence electrons. The summed E-state index contributed by atoms with van der Waals surface area (Å²) in [5.41, 5.74) is 1.35. The van der Waals surface area contributed by atoms with Crippen molar-refractivity contribution in [1.29, 1.82) is 0 Å². The van der Waals surface area contributed by atoms with Crippen LogP contribution in [-0.4, -0.2) is 25.2 Å².